The SMILES string of the molecule is COc1ccc(COc2nc(SC)ncc2C(O)NCc2ccccc2)cc1Cl. The highest BCUT2D eigenvalue weighted by Crippen LogP contribution is 2.27. The van der Waals surface area contributed by atoms with E-state index in [0.29, 0.717) is 33.9 Å². The lowest BCUT2D eigenvalue weighted by molar-refractivity contribution is 0.129. The van der Waals surface area contributed by atoms with Gasteiger partial charge in [0.25, 0.3) is 0 Å². The third kappa shape index (κ3) is 5.83. The highest BCUT2D eigenvalue weighted by molar-refractivity contribution is 7.98. The number of thioether (sulfide) groups is 1. The maximum Gasteiger partial charge on any atom is 0.225 e. The molecular formula is C21H22ClN3O3S. The van der Waals surface area contributed by atoms with Gasteiger partial charge >= 0.3 is 0 Å². The van der Waals surface area contributed by atoms with Crippen molar-refractivity contribution in [3.63, 3.8) is 0 Å². The quantitative estimate of drug-likeness (QED) is 0.298. The third-order valence-electron chi connectivity index (χ3n) is 4.17. The molecule has 1 heterocycles. The Kier molecular flexibility index (Phi) is 7.71. The number of ether oxygens (including phenoxy) is 2. The van der Waals surface area contributed by atoms with Crippen molar-refractivity contribution in [3.05, 3.63) is 76.4 Å². The summed E-state index contributed by atoms with van der Waals surface area (Å²) in [6, 6.07) is 15.3. The smallest absolute Gasteiger partial charge is 0.225 e. The maximum atomic E-state index is 10.6. The molecule has 0 bridgehead atoms. The first-order valence-corrected chi connectivity index (χ1v) is 10.5. The summed E-state index contributed by atoms with van der Waals surface area (Å²) in [7, 11) is 1.57. The minimum atomic E-state index is -0.972. The van der Waals surface area contributed by atoms with Gasteiger partial charge in [-0.05, 0) is 29.5 Å². The fourth-order valence-electron chi connectivity index (χ4n) is 2.63. The summed E-state index contributed by atoms with van der Waals surface area (Å²) in [6.45, 7) is 0.743. The van der Waals surface area contributed by atoms with Crippen molar-refractivity contribution in [1.29, 1.82) is 0 Å². The molecular weight excluding hydrogens is 410 g/mol. The molecule has 0 amide bonds. The molecule has 8 heteroatoms. The van der Waals surface area contributed by atoms with Crippen molar-refractivity contribution in [2.45, 2.75) is 24.5 Å². The van der Waals surface area contributed by atoms with Crippen molar-refractivity contribution in [1.82, 2.24) is 15.3 Å². The lowest BCUT2D eigenvalue weighted by Gasteiger charge is -2.17. The van der Waals surface area contributed by atoms with E-state index in [1.165, 1.54) is 11.8 Å². The molecule has 1 aromatic heterocycles. The number of benzene rings is 2. The molecule has 0 aliphatic heterocycles. The van der Waals surface area contributed by atoms with E-state index in [4.69, 9.17) is 21.1 Å². The zero-order valence-electron chi connectivity index (χ0n) is 16.1. The number of aromatic nitrogens is 2. The molecule has 152 valence electrons. The Labute approximate surface area is 179 Å². The summed E-state index contributed by atoms with van der Waals surface area (Å²) in [5.41, 5.74) is 2.39. The molecule has 0 saturated carbocycles. The number of nitrogens with zero attached hydrogens (tertiary/aromatic N) is 2. The fourth-order valence-corrected chi connectivity index (χ4v) is 3.25. The van der Waals surface area contributed by atoms with E-state index in [0.717, 1.165) is 11.1 Å². The number of halogens is 1. The first-order chi connectivity index (χ1) is 14.1. The normalized spacial score (nSPS) is 11.9. The van der Waals surface area contributed by atoms with Gasteiger partial charge in [0, 0.05) is 12.7 Å². The standard InChI is InChI=1S/C21H22ClN3O3S/c1-27-18-9-8-15(10-17(18)22)13-28-20-16(12-24-21(25-20)29-2)19(26)23-11-14-6-4-3-5-7-14/h3-10,12,19,23,26H,11,13H2,1-2H3. The van der Waals surface area contributed by atoms with Gasteiger partial charge < -0.3 is 14.6 Å². The monoisotopic (exact) mass is 431 g/mol. The average Bonchev–Trinajstić information content (AvgIpc) is 2.76. The van der Waals surface area contributed by atoms with Crippen LogP contribution in [0.15, 0.2) is 59.9 Å². The molecule has 0 spiro atoms. The summed E-state index contributed by atoms with van der Waals surface area (Å²) < 4.78 is 11.1. The van der Waals surface area contributed by atoms with Gasteiger partial charge in [-0.1, -0.05) is 59.8 Å². The van der Waals surface area contributed by atoms with E-state index >= 15 is 0 Å². The lowest BCUT2D eigenvalue weighted by atomic mass is 10.2. The summed E-state index contributed by atoms with van der Waals surface area (Å²) in [4.78, 5) is 8.67. The first-order valence-electron chi connectivity index (χ1n) is 8.92. The van der Waals surface area contributed by atoms with Crippen LogP contribution < -0.4 is 14.8 Å². The average molecular weight is 432 g/mol. The molecule has 0 saturated heterocycles. The molecule has 2 N–H and O–H groups in total. The van der Waals surface area contributed by atoms with Gasteiger partial charge in [-0.2, -0.15) is 4.98 Å². The molecule has 0 fully saturated rings. The van der Waals surface area contributed by atoms with E-state index in [1.54, 1.807) is 25.4 Å². The Hall–Kier alpha value is -2.32. The molecule has 0 aliphatic rings. The van der Waals surface area contributed by atoms with Crippen LogP contribution >= 0.6 is 23.4 Å². The van der Waals surface area contributed by atoms with Crippen LogP contribution in [-0.2, 0) is 13.2 Å². The summed E-state index contributed by atoms with van der Waals surface area (Å²) >= 11 is 7.58. The number of methoxy groups -OCH3 is 1. The first kappa shape index (κ1) is 21.4. The van der Waals surface area contributed by atoms with Crippen molar-refractivity contribution < 1.29 is 14.6 Å². The number of hydrogen-bond donors (Lipinski definition) is 2. The van der Waals surface area contributed by atoms with Crippen LogP contribution in [0.4, 0.5) is 0 Å². The Morgan fingerprint density at radius 3 is 2.66 bits per heavy atom. The summed E-state index contributed by atoms with van der Waals surface area (Å²) in [5.74, 6) is 0.924. The van der Waals surface area contributed by atoms with Crippen LogP contribution in [0.3, 0.4) is 0 Å². The van der Waals surface area contributed by atoms with E-state index in [1.807, 2.05) is 42.7 Å². The number of aliphatic hydroxyl groups excluding tert-OH is 1. The molecule has 29 heavy (non-hydrogen) atoms. The van der Waals surface area contributed by atoms with Crippen LogP contribution in [0.5, 0.6) is 11.6 Å². The van der Waals surface area contributed by atoms with E-state index in [-0.39, 0.29) is 6.61 Å². The molecule has 0 aliphatic carbocycles. The molecule has 3 aromatic rings. The number of rotatable bonds is 9. The van der Waals surface area contributed by atoms with Gasteiger partial charge in [0.15, 0.2) is 5.16 Å². The van der Waals surface area contributed by atoms with Crippen LogP contribution in [-0.4, -0.2) is 28.4 Å². The van der Waals surface area contributed by atoms with E-state index < -0.39 is 6.23 Å². The van der Waals surface area contributed by atoms with Gasteiger partial charge in [0.2, 0.25) is 5.88 Å². The number of nitrogens with one attached hydrogen (secondary N) is 1. The van der Waals surface area contributed by atoms with Crippen LogP contribution in [0.25, 0.3) is 0 Å². The van der Waals surface area contributed by atoms with Crippen molar-refractivity contribution in [2.75, 3.05) is 13.4 Å². The Morgan fingerprint density at radius 1 is 1.17 bits per heavy atom. The second kappa shape index (κ2) is 10.5. The minimum absolute atomic E-state index is 0.243. The molecule has 6 nitrogen and oxygen atoms in total. The molecule has 0 radical (unpaired) electrons. The topological polar surface area (TPSA) is 76.5 Å². The predicted octanol–water partition coefficient (Wildman–Crippen LogP) is 4.22. The minimum Gasteiger partial charge on any atom is -0.495 e. The molecule has 1 unspecified atom stereocenters. The molecule has 3 rings (SSSR count). The van der Waals surface area contributed by atoms with Crippen molar-refractivity contribution in [2.24, 2.45) is 0 Å². The van der Waals surface area contributed by atoms with Gasteiger partial charge in [0.1, 0.15) is 18.6 Å². The van der Waals surface area contributed by atoms with Gasteiger partial charge in [-0.25, -0.2) is 4.98 Å². The van der Waals surface area contributed by atoms with E-state index in [2.05, 4.69) is 15.3 Å². The Morgan fingerprint density at radius 2 is 1.97 bits per heavy atom. The van der Waals surface area contributed by atoms with Crippen molar-refractivity contribution >= 4 is 23.4 Å². The second-order valence-corrected chi connectivity index (χ2v) is 7.32. The maximum absolute atomic E-state index is 10.6. The summed E-state index contributed by atoms with van der Waals surface area (Å²) in [6.07, 6.45) is 2.49. The van der Waals surface area contributed by atoms with Gasteiger partial charge in [0.05, 0.1) is 17.7 Å². The third-order valence-corrected chi connectivity index (χ3v) is 5.03. The highest BCUT2D eigenvalue weighted by atomic mass is 35.5. The highest BCUT2D eigenvalue weighted by Gasteiger charge is 2.17. The van der Waals surface area contributed by atoms with Crippen molar-refractivity contribution in [3.8, 4) is 11.6 Å². The molecule has 1 atom stereocenters. The fraction of sp³-hybridized carbons (Fsp3) is 0.238. The Bertz CT molecular complexity index is 944. The largest absolute Gasteiger partial charge is 0.495 e. The van der Waals surface area contributed by atoms with Crippen LogP contribution in [0.1, 0.15) is 22.9 Å². The zero-order chi connectivity index (χ0) is 20.6. The van der Waals surface area contributed by atoms with Crippen LogP contribution in [0.2, 0.25) is 5.02 Å². The second-order valence-electron chi connectivity index (χ2n) is 6.14. The molecule has 2 aromatic carbocycles. The number of hydrogen-bond acceptors (Lipinski definition) is 7. The van der Waals surface area contributed by atoms with Gasteiger partial charge in [-0.15, -0.1) is 0 Å². The number of aliphatic hydroxyl groups is 1. The summed E-state index contributed by atoms with van der Waals surface area (Å²) in [5, 5.41) is 14.8. The van der Waals surface area contributed by atoms with E-state index in [9.17, 15) is 5.11 Å². The van der Waals surface area contributed by atoms with Crippen LogP contribution in [0, 0.1) is 0 Å². The van der Waals surface area contributed by atoms with Gasteiger partial charge in [-0.3, -0.25) is 5.32 Å². The Balaban J connectivity index is 1.73. The lowest BCUT2D eigenvalue weighted by Crippen LogP contribution is -2.22. The predicted molar refractivity (Wildman–Crippen MR) is 114 cm³/mol. The zero-order valence-corrected chi connectivity index (χ0v) is 17.7.